The Bertz CT molecular complexity index is 342. The van der Waals surface area contributed by atoms with E-state index in [1.54, 1.807) is 7.11 Å². The number of benzene rings is 1. The summed E-state index contributed by atoms with van der Waals surface area (Å²) in [6, 6.07) is 7.84. The number of methoxy groups -OCH3 is 1. The first-order valence-electron chi connectivity index (χ1n) is 6.93. The van der Waals surface area contributed by atoms with Gasteiger partial charge in [0.25, 0.3) is 0 Å². The van der Waals surface area contributed by atoms with E-state index in [4.69, 9.17) is 14.2 Å². The summed E-state index contributed by atoms with van der Waals surface area (Å²) in [4.78, 5) is 0. The molecule has 0 aromatic heterocycles. The Morgan fingerprint density at radius 3 is 2.55 bits per heavy atom. The molecule has 5 heteroatoms. The molecule has 0 aliphatic heterocycles. The molecule has 2 N–H and O–H groups in total. The molecule has 0 fully saturated rings. The van der Waals surface area contributed by atoms with Gasteiger partial charge in [0.15, 0.2) is 0 Å². The van der Waals surface area contributed by atoms with Crippen molar-refractivity contribution < 1.29 is 19.3 Å². The zero-order chi connectivity index (χ0) is 14.6. The first-order valence-corrected chi connectivity index (χ1v) is 6.93. The zero-order valence-corrected chi connectivity index (χ0v) is 12.3. The van der Waals surface area contributed by atoms with Crippen LogP contribution in [-0.2, 0) is 16.0 Å². The Hall–Kier alpha value is -1.14. The normalized spacial score (nSPS) is 12.3. The minimum atomic E-state index is -0.631. The van der Waals surface area contributed by atoms with Crippen molar-refractivity contribution in [2.24, 2.45) is 0 Å². The van der Waals surface area contributed by atoms with Crippen LogP contribution in [0.2, 0.25) is 0 Å². The first-order chi connectivity index (χ1) is 9.76. The highest BCUT2D eigenvalue weighted by atomic mass is 16.5. The standard InChI is InChI=1S/C15H25NO4/c1-3-16-10-13-4-6-15(7-5-13)20-12-14(17)11-19-9-8-18-2/h4-7,14,16-17H,3,8-12H2,1-2H3. The molecule has 0 saturated heterocycles. The maximum Gasteiger partial charge on any atom is 0.119 e. The van der Waals surface area contributed by atoms with E-state index in [1.165, 1.54) is 5.56 Å². The van der Waals surface area contributed by atoms with Crippen molar-refractivity contribution in [3.8, 4) is 5.75 Å². The fourth-order valence-electron chi connectivity index (χ4n) is 1.58. The number of aliphatic hydroxyl groups excluding tert-OH is 1. The van der Waals surface area contributed by atoms with Crippen molar-refractivity contribution in [2.75, 3.05) is 40.1 Å². The van der Waals surface area contributed by atoms with Gasteiger partial charge in [-0.3, -0.25) is 0 Å². The Morgan fingerprint density at radius 1 is 1.15 bits per heavy atom. The van der Waals surface area contributed by atoms with Crippen molar-refractivity contribution in [3.05, 3.63) is 29.8 Å². The summed E-state index contributed by atoms with van der Waals surface area (Å²) in [7, 11) is 1.61. The molecular formula is C15H25NO4. The van der Waals surface area contributed by atoms with Crippen LogP contribution in [0.5, 0.6) is 5.75 Å². The lowest BCUT2D eigenvalue weighted by Gasteiger charge is -2.13. The van der Waals surface area contributed by atoms with Crippen LogP contribution in [0.15, 0.2) is 24.3 Å². The van der Waals surface area contributed by atoms with E-state index in [0.717, 1.165) is 18.8 Å². The Morgan fingerprint density at radius 2 is 1.90 bits per heavy atom. The molecule has 1 atom stereocenters. The van der Waals surface area contributed by atoms with Gasteiger partial charge in [0, 0.05) is 13.7 Å². The highest BCUT2D eigenvalue weighted by Crippen LogP contribution is 2.12. The summed E-state index contributed by atoms with van der Waals surface area (Å²) in [5.41, 5.74) is 1.21. The molecule has 0 spiro atoms. The Balaban J connectivity index is 2.20. The van der Waals surface area contributed by atoms with Crippen LogP contribution in [0.4, 0.5) is 0 Å². The molecule has 1 rings (SSSR count). The summed E-state index contributed by atoms with van der Waals surface area (Å²) in [5, 5.41) is 12.9. The molecule has 1 aromatic rings. The van der Waals surface area contributed by atoms with E-state index in [9.17, 15) is 5.11 Å². The molecule has 0 amide bonds. The predicted molar refractivity (Wildman–Crippen MR) is 78.0 cm³/mol. The van der Waals surface area contributed by atoms with Gasteiger partial charge in [0.1, 0.15) is 18.5 Å². The summed E-state index contributed by atoms with van der Waals surface area (Å²) in [6.45, 7) is 5.36. The minimum Gasteiger partial charge on any atom is -0.491 e. The van der Waals surface area contributed by atoms with Crippen molar-refractivity contribution >= 4 is 0 Å². The van der Waals surface area contributed by atoms with Crippen LogP contribution < -0.4 is 10.1 Å². The number of rotatable bonds is 11. The lowest BCUT2D eigenvalue weighted by Crippen LogP contribution is -2.24. The topological polar surface area (TPSA) is 60.0 Å². The first kappa shape index (κ1) is 16.9. The molecular weight excluding hydrogens is 258 g/mol. The number of aliphatic hydroxyl groups is 1. The molecule has 0 aliphatic rings. The quantitative estimate of drug-likeness (QED) is 0.598. The second-order valence-corrected chi connectivity index (χ2v) is 4.46. The van der Waals surface area contributed by atoms with Crippen LogP contribution in [0.25, 0.3) is 0 Å². The number of hydrogen-bond donors (Lipinski definition) is 2. The molecule has 0 aliphatic carbocycles. The summed E-state index contributed by atoms with van der Waals surface area (Å²) < 4.78 is 15.6. The molecule has 0 saturated carbocycles. The van der Waals surface area contributed by atoms with Gasteiger partial charge in [0.05, 0.1) is 19.8 Å². The fourth-order valence-corrected chi connectivity index (χ4v) is 1.58. The summed E-state index contributed by atoms with van der Waals surface area (Å²) in [5.74, 6) is 0.751. The summed E-state index contributed by atoms with van der Waals surface area (Å²) in [6.07, 6.45) is -0.631. The fraction of sp³-hybridized carbons (Fsp3) is 0.600. The SMILES string of the molecule is CCNCc1ccc(OCC(O)COCCOC)cc1. The maximum absolute atomic E-state index is 9.68. The van der Waals surface area contributed by atoms with Crippen LogP contribution in [0.3, 0.4) is 0 Å². The molecule has 1 unspecified atom stereocenters. The number of hydrogen-bond acceptors (Lipinski definition) is 5. The molecule has 114 valence electrons. The lowest BCUT2D eigenvalue weighted by atomic mass is 10.2. The van der Waals surface area contributed by atoms with E-state index in [2.05, 4.69) is 12.2 Å². The maximum atomic E-state index is 9.68. The van der Waals surface area contributed by atoms with E-state index >= 15 is 0 Å². The Kier molecular flexibility index (Phi) is 8.98. The molecule has 1 aromatic carbocycles. The highest BCUT2D eigenvalue weighted by molar-refractivity contribution is 5.27. The van der Waals surface area contributed by atoms with Gasteiger partial charge < -0.3 is 24.6 Å². The monoisotopic (exact) mass is 283 g/mol. The van der Waals surface area contributed by atoms with Gasteiger partial charge in [-0.15, -0.1) is 0 Å². The zero-order valence-electron chi connectivity index (χ0n) is 12.3. The second-order valence-electron chi connectivity index (χ2n) is 4.46. The van der Waals surface area contributed by atoms with Crippen LogP contribution in [0, 0.1) is 0 Å². The average molecular weight is 283 g/mol. The smallest absolute Gasteiger partial charge is 0.119 e. The van der Waals surface area contributed by atoms with Gasteiger partial charge in [-0.2, -0.15) is 0 Å². The molecule has 5 nitrogen and oxygen atoms in total. The largest absolute Gasteiger partial charge is 0.491 e. The molecule has 0 heterocycles. The van der Waals surface area contributed by atoms with Crippen LogP contribution in [-0.4, -0.2) is 51.3 Å². The van der Waals surface area contributed by atoms with Gasteiger partial charge in [-0.1, -0.05) is 19.1 Å². The number of nitrogens with one attached hydrogen (secondary N) is 1. The predicted octanol–water partition coefficient (Wildman–Crippen LogP) is 1.20. The molecule has 20 heavy (non-hydrogen) atoms. The third-order valence-corrected chi connectivity index (χ3v) is 2.69. The van der Waals surface area contributed by atoms with Crippen molar-refractivity contribution in [3.63, 3.8) is 0 Å². The van der Waals surface area contributed by atoms with Crippen molar-refractivity contribution in [1.29, 1.82) is 0 Å². The van der Waals surface area contributed by atoms with Crippen molar-refractivity contribution in [2.45, 2.75) is 19.6 Å². The average Bonchev–Trinajstić information content (AvgIpc) is 2.48. The van der Waals surface area contributed by atoms with Gasteiger partial charge in [-0.25, -0.2) is 0 Å². The van der Waals surface area contributed by atoms with E-state index in [0.29, 0.717) is 13.2 Å². The lowest BCUT2D eigenvalue weighted by molar-refractivity contribution is -0.00419. The van der Waals surface area contributed by atoms with Crippen molar-refractivity contribution in [1.82, 2.24) is 5.32 Å². The Labute approximate surface area is 120 Å². The minimum absolute atomic E-state index is 0.222. The van der Waals surface area contributed by atoms with Gasteiger partial charge in [0.2, 0.25) is 0 Å². The van der Waals surface area contributed by atoms with Crippen LogP contribution in [0.1, 0.15) is 12.5 Å². The highest BCUT2D eigenvalue weighted by Gasteiger charge is 2.05. The van der Waals surface area contributed by atoms with E-state index < -0.39 is 6.10 Å². The summed E-state index contributed by atoms with van der Waals surface area (Å²) >= 11 is 0. The third kappa shape index (κ3) is 7.45. The van der Waals surface area contributed by atoms with E-state index in [-0.39, 0.29) is 13.2 Å². The second kappa shape index (κ2) is 10.6. The van der Waals surface area contributed by atoms with E-state index in [1.807, 2.05) is 24.3 Å². The molecule has 0 bridgehead atoms. The molecule has 0 radical (unpaired) electrons. The van der Waals surface area contributed by atoms with Crippen LogP contribution >= 0.6 is 0 Å². The number of ether oxygens (including phenoxy) is 3. The third-order valence-electron chi connectivity index (χ3n) is 2.69. The van der Waals surface area contributed by atoms with Gasteiger partial charge >= 0.3 is 0 Å². The van der Waals surface area contributed by atoms with Gasteiger partial charge in [-0.05, 0) is 24.2 Å².